The molecule has 0 amide bonds. The second-order valence-corrected chi connectivity index (χ2v) is 7.11. The molecule has 0 bridgehead atoms. The number of ether oxygens (including phenoxy) is 1. The maximum Gasteiger partial charge on any atom is 0.356 e. The topological polar surface area (TPSA) is 47.0 Å². The second kappa shape index (κ2) is 7.11. The van der Waals surface area contributed by atoms with Gasteiger partial charge in [0.2, 0.25) is 0 Å². The van der Waals surface area contributed by atoms with E-state index < -0.39 is 5.97 Å². The molecule has 8 heteroatoms. The highest BCUT2D eigenvalue weighted by Gasteiger charge is 2.25. The van der Waals surface area contributed by atoms with Crippen LogP contribution in [0.15, 0.2) is 41.9 Å². The Balaban J connectivity index is 2.24. The Labute approximate surface area is 157 Å². The number of carbonyl (C=O) groups excluding carboxylic acids is 1. The maximum atomic E-state index is 12.1. The van der Waals surface area contributed by atoms with Crippen molar-refractivity contribution in [1.82, 2.24) is 9.55 Å². The van der Waals surface area contributed by atoms with E-state index in [9.17, 15) is 4.79 Å². The first-order valence-corrected chi connectivity index (χ1v) is 8.94. The van der Waals surface area contributed by atoms with Crippen LogP contribution in [-0.4, -0.2) is 22.6 Å². The van der Waals surface area contributed by atoms with Crippen molar-refractivity contribution in [2.24, 2.45) is 0 Å². The van der Waals surface area contributed by atoms with Crippen LogP contribution in [-0.2, 0) is 4.74 Å². The SMILES string of the molecule is COC(=O)c1c[nH]c(=S)n1C(c1ccc(Cl)c(Cl)c1)c1cccs1. The number of hydrogen-bond acceptors (Lipinski definition) is 4. The van der Waals surface area contributed by atoms with Crippen molar-refractivity contribution < 1.29 is 9.53 Å². The summed E-state index contributed by atoms with van der Waals surface area (Å²) in [5.41, 5.74) is 1.21. The fourth-order valence-corrected chi connectivity index (χ4v) is 3.88. The summed E-state index contributed by atoms with van der Waals surface area (Å²) in [6.45, 7) is 0. The van der Waals surface area contributed by atoms with E-state index in [4.69, 9.17) is 40.2 Å². The molecule has 1 N–H and O–H groups in total. The lowest BCUT2D eigenvalue weighted by Crippen LogP contribution is -2.18. The van der Waals surface area contributed by atoms with Gasteiger partial charge >= 0.3 is 5.97 Å². The van der Waals surface area contributed by atoms with Gasteiger partial charge in [0.1, 0.15) is 5.69 Å². The third-order valence-electron chi connectivity index (χ3n) is 3.54. The summed E-state index contributed by atoms with van der Waals surface area (Å²) in [5, 5.41) is 2.88. The highest BCUT2D eigenvalue weighted by molar-refractivity contribution is 7.71. The zero-order valence-electron chi connectivity index (χ0n) is 12.5. The van der Waals surface area contributed by atoms with Gasteiger partial charge in [-0.15, -0.1) is 11.3 Å². The standard InChI is InChI=1S/C16H12Cl2N2O2S2/c1-22-15(21)12-8-19-16(23)20(12)14(13-3-2-6-24-13)9-4-5-10(17)11(18)7-9/h2-8,14H,1H3,(H,19,23). The molecule has 1 atom stereocenters. The number of nitrogens with zero attached hydrogens (tertiary/aromatic N) is 1. The molecule has 24 heavy (non-hydrogen) atoms. The minimum absolute atomic E-state index is 0.312. The van der Waals surface area contributed by atoms with Gasteiger partial charge in [-0.2, -0.15) is 0 Å². The molecule has 0 radical (unpaired) electrons. The minimum Gasteiger partial charge on any atom is -0.464 e. The summed E-state index contributed by atoms with van der Waals surface area (Å²) in [7, 11) is 1.34. The Kier molecular flexibility index (Phi) is 5.10. The lowest BCUT2D eigenvalue weighted by Gasteiger charge is -2.20. The van der Waals surface area contributed by atoms with Crippen molar-refractivity contribution in [2.45, 2.75) is 6.04 Å². The molecular weight excluding hydrogens is 387 g/mol. The first-order valence-electron chi connectivity index (χ1n) is 6.89. The number of carbonyl (C=O) groups is 1. The van der Waals surface area contributed by atoms with Gasteiger partial charge in [0.25, 0.3) is 0 Å². The highest BCUT2D eigenvalue weighted by atomic mass is 35.5. The lowest BCUT2D eigenvalue weighted by molar-refractivity contribution is 0.0587. The fourth-order valence-electron chi connectivity index (χ4n) is 2.47. The van der Waals surface area contributed by atoms with Crippen LogP contribution in [0.2, 0.25) is 10.0 Å². The molecule has 0 aliphatic rings. The van der Waals surface area contributed by atoms with Gasteiger partial charge in [0.15, 0.2) is 4.77 Å². The molecule has 0 fully saturated rings. The van der Waals surface area contributed by atoms with Crippen LogP contribution in [0, 0.1) is 4.77 Å². The van der Waals surface area contributed by atoms with Gasteiger partial charge in [-0.3, -0.25) is 4.57 Å². The van der Waals surface area contributed by atoms with Crippen molar-refractivity contribution in [3.05, 3.63) is 72.9 Å². The van der Waals surface area contributed by atoms with E-state index in [2.05, 4.69) is 4.98 Å². The van der Waals surface area contributed by atoms with E-state index in [1.807, 2.05) is 23.6 Å². The number of halogens is 2. The van der Waals surface area contributed by atoms with Crippen LogP contribution in [0.5, 0.6) is 0 Å². The largest absolute Gasteiger partial charge is 0.464 e. The highest BCUT2D eigenvalue weighted by Crippen LogP contribution is 2.34. The molecule has 3 rings (SSSR count). The molecule has 2 heterocycles. The third kappa shape index (κ3) is 3.15. The Morgan fingerprint density at radius 1 is 1.33 bits per heavy atom. The molecular formula is C16H12Cl2N2O2S2. The van der Waals surface area contributed by atoms with Crippen LogP contribution in [0.25, 0.3) is 0 Å². The molecule has 0 saturated carbocycles. The molecule has 0 saturated heterocycles. The van der Waals surface area contributed by atoms with E-state index in [-0.39, 0.29) is 6.04 Å². The fraction of sp³-hybridized carbons (Fsp3) is 0.125. The monoisotopic (exact) mass is 398 g/mol. The van der Waals surface area contributed by atoms with Crippen LogP contribution >= 0.6 is 46.8 Å². The average molecular weight is 399 g/mol. The molecule has 1 aromatic carbocycles. The van der Waals surface area contributed by atoms with E-state index in [1.165, 1.54) is 7.11 Å². The van der Waals surface area contributed by atoms with Gasteiger partial charge < -0.3 is 9.72 Å². The molecule has 0 aliphatic carbocycles. The maximum absolute atomic E-state index is 12.1. The molecule has 1 unspecified atom stereocenters. The quantitative estimate of drug-likeness (QED) is 0.476. The number of aromatic amines is 1. The molecule has 3 aromatic rings. The zero-order chi connectivity index (χ0) is 17.3. The minimum atomic E-state index is -0.469. The summed E-state index contributed by atoms with van der Waals surface area (Å²) in [6.07, 6.45) is 1.55. The van der Waals surface area contributed by atoms with E-state index in [1.54, 1.807) is 34.2 Å². The zero-order valence-corrected chi connectivity index (χ0v) is 15.6. The van der Waals surface area contributed by atoms with Crippen LogP contribution < -0.4 is 0 Å². The van der Waals surface area contributed by atoms with Crippen LogP contribution in [0.1, 0.15) is 27.0 Å². The summed E-state index contributed by atoms with van der Waals surface area (Å²) < 4.78 is 7.01. The number of hydrogen-bond donors (Lipinski definition) is 1. The number of methoxy groups -OCH3 is 1. The Bertz CT molecular complexity index is 932. The van der Waals surface area contributed by atoms with Crippen molar-refractivity contribution in [1.29, 1.82) is 0 Å². The Morgan fingerprint density at radius 2 is 2.12 bits per heavy atom. The van der Waals surface area contributed by atoms with E-state index >= 15 is 0 Å². The van der Waals surface area contributed by atoms with Crippen LogP contribution in [0.4, 0.5) is 0 Å². The number of H-pyrrole nitrogens is 1. The van der Waals surface area contributed by atoms with E-state index in [0.717, 1.165) is 10.4 Å². The van der Waals surface area contributed by atoms with Gasteiger partial charge in [0, 0.05) is 11.1 Å². The molecule has 124 valence electrons. The van der Waals surface area contributed by atoms with Gasteiger partial charge in [0.05, 0.1) is 23.2 Å². The summed E-state index contributed by atoms with van der Waals surface area (Å²) in [6, 6.07) is 8.99. The van der Waals surface area contributed by atoms with Gasteiger partial charge in [-0.1, -0.05) is 35.3 Å². The normalized spacial score (nSPS) is 12.1. The number of thiophene rings is 1. The molecule has 4 nitrogen and oxygen atoms in total. The average Bonchev–Trinajstić information content (AvgIpc) is 3.22. The van der Waals surface area contributed by atoms with Crippen molar-refractivity contribution in [2.75, 3.05) is 7.11 Å². The van der Waals surface area contributed by atoms with E-state index in [0.29, 0.717) is 20.5 Å². The smallest absolute Gasteiger partial charge is 0.356 e. The Hall–Kier alpha value is -1.60. The van der Waals surface area contributed by atoms with Gasteiger partial charge in [-0.05, 0) is 41.4 Å². The number of aromatic nitrogens is 2. The predicted molar refractivity (Wildman–Crippen MR) is 99.0 cm³/mol. The van der Waals surface area contributed by atoms with Crippen molar-refractivity contribution in [3.8, 4) is 0 Å². The summed E-state index contributed by atoms with van der Waals surface area (Å²) in [4.78, 5) is 16.0. The second-order valence-electron chi connectivity index (χ2n) is 4.93. The van der Waals surface area contributed by atoms with Crippen molar-refractivity contribution >= 4 is 52.7 Å². The van der Waals surface area contributed by atoms with Gasteiger partial charge in [-0.25, -0.2) is 4.79 Å². The predicted octanol–water partition coefficient (Wildman–Crippen LogP) is 5.34. The first-order chi connectivity index (χ1) is 11.5. The summed E-state index contributed by atoms with van der Waals surface area (Å²) in [5.74, 6) is -0.469. The molecule has 2 aromatic heterocycles. The first kappa shape index (κ1) is 17.2. The van der Waals surface area contributed by atoms with Crippen LogP contribution in [0.3, 0.4) is 0 Å². The lowest BCUT2D eigenvalue weighted by atomic mass is 10.0. The number of imidazole rings is 1. The number of esters is 1. The molecule has 0 aliphatic heterocycles. The van der Waals surface area contributed by atoms with Crippen molar-refractivity contribution in [3.63, 3.8) is 0 Å². The molecule has 0 spiro atoms. The number of rotatable bonds is 4. The Morgan fingerprint density at radius 3 is 2.75 bits per heavy atom. The summed E-state index contributed by atoms with van der Waals surface area (Å²) >= 11 is 19.2. The number of benzene rings is 1. The third-order valence-corrected chi connectivity index (χ3v) is 5.51. The number of nitrogens with one attached hydrogen (secondary N) is 1.